The Morgan fingerprint density at radius 1 is 1.00 bits per heavy atom. The molecule has 0 N–H and O–H groups in total. The molecule has 5 nitrogen and oxygen atoms in total. The third kappa shape index (κ3) is 16.7. The van der Waals surface area contributed by atoms with Crippen molar-refractivity contribution in [1.29, 1.82) is 0 Å². The molecule has 0 aromatic heterocycles. The topological polar surface area (TPSA) is 61.8 Å². The molecule has 6 heteroatoms. The number of unbranched alkanes of at least 4 members (excludes halogenated alkanes) is 1. The molecular formula is C16H30O5Si. The van der Waals surface area contributed by atoms with Crippen molar-refractivity contribution in [3.8, 4) is 0 Å². The second kappa shape index (κ2) is 14.5. The van der Waals surface area contributed by atoms with Crippen molar-refractivity contribution in [3.63, 3.8) is 0 Å². The minimum atomic E-state index is -1.48. The van der Waals surface area contributed by atoms with E-state index in [9.17, 15) is 9.59 Å². The summed E-state index contributed by atoms with van der Waals surface area (Å²) in [5, 5.41) is 0. The molecule has 0 aliphatic carbocycles. The Morgan fingerprint density at radius 3 is 1.82 bits per heavy atom. The summed E-state index contributed by atoms with van der Waals surface area (Å²) in [5.74, 6) is -0.680. The number of hydrogen-bond donors (Lipinski definition) is 0. The van der Waals surface area contributed by atoms with Gasteiger partial charge in [0.2, 0.25) is 0 Å². The molecule has 0 rings (SSSR count). The average molecular weight is 330 g/mol. The van der Waals surface area contributed by atoms with Crippen molar-refractivity contribution in [2.75, 3.05) is 20.3 Å². The van der Waals surface area contributed by atoms with Gasteiger partial charge in [0.25, 0.3) is 0 Å². The van der Waals surface area contributed by atoms with E-state index in [-0.39, 0.29) is 11.9 Å². The van der Waals surface area contributed by atoms with Gasteiger partial charge >= 0.3 is 11.9 Å². The van der Waals surface area contributed by atoms with E-state index in [2.05, 4.69) is 31.0 Å². The monoisotopic (exact) mass is 330 g/mol. The molecule has 128 valence electrons. The molecule has 22 heavy (non-hydrogen) atoms. The van der Waals surface area contributed by atoms with Gasteiger partial charge in [0.15, 0.2) is 8.32 Å². The molecule has 0 aliphatic heterocycles. The van der Waals surface area contributed by atoms with E-state index in [0.717, 1.165) is 25.3 Å². The van der Waals surface area contributed by atoms with Crippen molar-refractivity contribution >= 4 is 20.3 Å². The van der Waals surface area contributed by atoms with Crippen molar-refractivity contribution < 1.29 is 23.5 Å². The molecule has 0 heterocycles. The van der Waals surface area contributed by atoms with Gasteiger partial charge in [-0.05, 0) is 32.0 Å². The predicted molar refractivity (Wildman–Crippen MR) is 91.1 cm³/mol. The minimum absolute atomic E-state index is 0.330. The van der Waals surface area contributed by atoms with Gasteiger partial charge in [-0.3, -0.25) is 0 Å². The summed E-state index contributed by atoms with van der Waals surface area (Å²) in [4.78, 5) is 21.0. The Balaban J connectivity index is 0. The summed E-state index contributed by atoms with van der Waals surface area (Å²) in [7, 11) is 0.261. The van der Waals surface area contributed by atoms with Gasteiger partial charge in [0.05, 0.1) is 13.2 Å². The lowest BCUT2D eigenvalue weighted by atomic mass is 10.4. The maximum absolute atomic E-state index is 10.6. The molecule has 0 atom stereocenters. The first-order chi connectivity index (χ1) is 10.3. The molecule has 0 radical (unpaired) electrons. The molecule has 0 bridgehead atoms. The second-order valence-corrected chi connectivity index (χ2v) is 9.59. The Hall–Kier alpha value is -1.40. The van der Waals surface area contributed by atoms with Crippen LogP contribution in [0.3, 0.4) is 0 Å². The maximum Gasteiger partial charge on any atom is 0.330 e. The number of ether oxygens (including phenoxy) is 2. The zero-order chi connectivity index (χ0) is 17.4. The summed E-state index contributed by atoms with van der Waals surface area (Å²) < 4.78 is 14.9. The highest BCUT2D eigenvalue weighted by molar-refractivity contribution is 6.71. The molecule has 0 saturated heterocycles. The highest BCUT2D eigenvalue weighted by Crippen LogP contribution is 2.11. The molecule has 0 aromatic rings. The highest BCUT2D eigenvalue weighted by Gasteiger charge is 2.19. The fraction of sp³-hybridized carbons (Fsp3) is 0.625. The SMILES string of the molecule is C=CC(=O)OCCCC.C=CC(=O)OCCC[Si](C)(C)OC. The van der Waals surface area contributed by atoms with Gasteiger partial charge in [-0.25, -0.2) is 9.59 Å². The summed E-state index contributed by atoms with van der Waals surface area (Å²) >= 11 is 0. The van der Waals surface area contributed by atoms with Crippen molar-refractivity contribution in [1.82, 2.24) is 0 Å². The Labute approximate surface area is 135 Å². The van der Waals surface area contributed by atoms with Gasteiger partial charge in [0, 0.05) is 19.3 Å². The molecule has 0 aliphatic rings. The first-order valence-corrected chi connectivity index (χ1v) is 10.6. The summed E-state index contributed by atoms with van der Waals surface area (Å²) in [6, 6.07) is 1.01. The highest BCUT2D eigenvalue weighted by atomic mass is 28.4. The Morgan fingerprint density at radius 2 is 1.45 bits per heavy atom. The van der Waals surface area contributed by atoms with E-state index >= 15 is 0 Å². The largest absolute Gasteiger partial charge is 0.463 e. The van der Waals surface area contributed by atoms with Crippen molar-refractivity contribution in [2.24, 2.45) is 0 Å². The lowest BCUT2D eigenvalue weighted by Gasteiger charge is -2.19. The quantitative estimate of drug-likeness (QED) is 0.266. The van der Waals surface area contributed by atoms with Crippen LogP contribution >= 0.6 is 0 Å². The number of carbonyl (C=O) groups is 2. The molecular weight excluding hydrogens is 300 g/mol. The van der Waals surface area contributed by atoms with Crippen LogP contribution in [0.5, 0.6) is 0 Å². The fourth-order valence-corrected chi connectivity index (χ4v) is 2.41. The van der Waals surface area contributed by atoms with Crippen molar-refractivity contribution in [3.05, 3.63) is 25.3 Å². The van der Waals surface area contributed by atoms with Gasteiger partial charge in [-0.1, -0.05) is 26.5 Å². The van der Waals surface area contributed by atoms with Crippen LogP contribution < -0.4 is 0 Å². The van der Waals surface area contributed by atoms with Gasteiger partial charge < -0.3 is 13.9 Å². The first kappa shape index (κ1) is 22.9. The lowest BCUT2D eigenvalue weighted by molar-refractivity contribution is -0.138. The normalized spacial score (nSPS) is 10.0. The predicted octanol–water partition coefficient (Wildman–Crippen LogP) is 3.47. The van der Waals surface area contributed by atoms with Crippen LogP contribution in [0.2, 0.25) is 19.1 Å². The molecule has 0 fully saturated rings. The number of rotatable bonds is 10. The molecule has 0 saturated carbocycles. The lowest BCUT2D eigenvalue weighted by Crippen LogP contribution is -2.28. The summed E-state index contributed by atoms with van der Waals surface area (Å²) in [5.41, 5.74) is 0. The Kier molecular flexibility index (Phi) is 15.1. The van der Waals surface area contributed by atoms with E-state index < -0.39 is 8.32 Å². The standard InChI is InChI=1S/C9H18O3Si.C7H12O2/c1-5-9(10)12-7-6-8-13(3,4)11-2;1-3-5-6-9-7(8)4-2/h5H,1,6-8H2,2-4H3;4H,2-3,5-6H2,1H3. The van der Waals surface area contributed by atoms with Crippen molar-refractivity contribution in [2.45, 2.75) is 45.3 Å². The second-order valence-electron chi connectivity index (χ2n) is 5.16. The maximum atomic E-state index is 10.6. The van der Waals surface area contributed by atoms with Crippen LogP contribution in [-0.2, 0) is 23.5 Å². The number of carbonyl (C=O) groups excluding carboxylic acids is 2. The van der Waals surface area contributed by atoms with E-state index in [0.29, 0.717) is 13.2 Å². The summed E-state index contributed by atoms with van der Waals surface area (Å²) in [6.07, 6.45) is 5.20. The van der Waals surface area contributed by atoms with Crippen LogP contribution in [0, 0.1) is 0 Å². The van der Waals surface area contributed by atoms with Gasteiger partial charge in [-0.15, -0.1) is 0 Å². The molecule has 0 unspecified atom stereocenters. The van der Waals surface area contributed by atoms with Gasteiger partial charge in [0.1, 0.15) is 0 Å². The van der Waals surface area contributed by atoms with Crippen LogP contribution in [-0.4, -0.2) is 40.6 Å². The van der Waals surface area contributed by atoms with E-state index in [4.69, 9.17) is 9.16 Å². The Bertz CT molecular complexity index is 339. The summed E-state index contributed by atoms with van der Waals surface area (Å²) in [6.45, 7) is 13.9. The molecule has 0 amide bonds. The third-order valence-corrected chi connectivity index (χ3v) is 5.46. The van der Waals surface area contributed by atoms with Gasteiger partial charge in [-0.2, -0.15) is 0 Å². The number of esters is 2. The zero-order valence-electron chi connectivity index (χ0n) is 14.4. The average Bonchev–Trinajstić information content (AvgIpc) is 2.52. The van der Waals surface area contributed by atoms with E-state index in [1.165, 1.54) is 12.2 Å². The van der Waals surface area contributed by atoms with Crippen LogP contribution in [0.15, 0.2) is 25.3 Å². The smallest absolute Gasteiger partial charge is 0.330 e. The van der Waals surface area contributed by atoms with Crippen LogP contribution in [0.4, 0.5) is 0 Å². The van der Waals surface area contributed by atoms with E-state index in [1.807, 2.05) is 6.92 Å². The molecule has 0 aromatic carbocycles. The third-order valence-electron chi connectivity index (χ3n) is 2.80. The fourth-order valence-electron chi connectivity index (χ4n) is 1.21. The minimum Gasteiger partial charge on any atom is -0.463 e. The number of hydrogen-bond acceptors (Lipinski definition) is 5. The van der Waals surface area contributed by atoms with Crippen LogP contribution in [0.1, 0.15) is 26.2 Å². The zero-order valence-corrected chi connectivity index (χ0v) is 15.4. The van der Waals surface area contributed by atoms with Crippen LogP contribution in [0.25, 0.3) is 0 Å². The molecule has 0 spiro atoms. The van der Waals surface area contributed by atoms with E-state index in [1.54, 1.807) is 7.11 Å². The first-order valence-electron chi connectivity index (χ1n) is 7.46.